The number of sulfonamides is 1. The molecule has 1 aliphatic rings. The van der Waals surface area contributed by atoms with E-state index >= 15 is 0 Å². The number of furan rings is 1. The quantitative estimate of drug-likeness (QED) is 0.638. The second-order valence-electron chi connectivity index (χ2n) is 6.00. The number of anilines is 1. The number of ether oxygens (including phenoxy) is 1. The third-order valence-corrected chi connectivity index (χ3v) is 6.97. The summed E-state index contributed by atoms with van der Waals surface area (Å²) in [7, 11) is -3.58. The highest BCUT2D eigenvalue weighted by molar-refractivity contribution is 7.89. The van der Waals surface area contributed by atoms with Gasteiger partial charge >= 0.3 is 0 Å². The molecule has 0 unspecified atom stereocenters. The highest BCUT2D eigenvalue weighted by Gasteiger charge is 2.26. The van der Waals surface area contributed by atoms with E-state index in [2.05, 4.69) is 10.3 Å². The fourth-order valence-corrected chi connectivity index (χ4v) is 5.16. The van der Waals surface area contributed by atoms with Crippen LogP contribution in [0.5, 0.6) is 0 Å². The zero-order chi connectivity index (χ0) is 19.6. The number of nitrogens with one attached hydrogen (secondary N) is 1. The fourth-order valence-electron chi connectivity index (χ4n) is 2.75. The molecule has 1 aromatic carbocycles. The SMILES string of the molecule is O=C(/C=C/c1ccco1)Nc1nc2ccc(S(=O)(=O)N3CCOCC3)cc2s1. The number of hydrogen-bond donors (Lipinski definition) is 1. The van der Waals surface area contributed by atoms with Crippen molar-refractivity contribution in [1.82, 2.24) is 9.29 Å². The van der Waals surface area contributed by atoms with Crippen molar-refractivity contribution in [2.45, 2.75) is 4.90 Å². The average Bonchev–Trinajstić information content (AvgIpc) is 3.35. The largest absolute Gasteiger partial charge is 0.465 e. The fraction of sp³-hybridized carbons (Fsp3) is 0.222. The molecule has 28 heavy (non-hydrogen) atoms. The average molecular weight is 419 g/mol. The van der Waals surface area contributed by atoms with Crippen LogP contribution in [0.25, 0.3) is 16.3 Å². The van der Waals surface area contributed by atoms with E-state index in [1.807, 2.05) is 0 Å². The summed E-state index contributed by atoms with van der Waals surface area (Å²) in [6.07, 6.45) is 4.42. The van der Waals surface area contributed by atoms with Gasteiger partial charge in [0.05, 0.1) is 34.6 Å². The van der Waals surface area contributed by atoms with E-state index in [9.17, 15) is 13.2 Å². The van der Waals surface area contributed by atoms with E-state index in [0.717, 1.165) is 0 Å². The molecule has 1 N–H and O–H groups in total. The molecule has 1 aliphatic heterocycles. The molecule has 0 atom stereocenters. The summed E-state index contributed by atoms with van der Waals surface area (Å²) in [5.41, 5.74) is 0.622. The van der Waals surface area contributed by atoms with Gasteiger partial charge in [-0.15, -0.1) is 0 Å². The van der Waals surface area contributed by atoms with Crippen LogP contribution in [0.1, 0.15) is 5.76 Å². The second kappa shape index (κ2) is 7.84. The lowest BCUT2D eigenvalue weighted by Gasteiger charge is -2.25. The van der Waals surface area contributed by atoms with Gasteiger partial charge in [-0.2, -0.15) is 4.31 Å². The number of amides is 1. The van der Waals surface area contributed by atoms with Crippen molar-refractivity contribution in [2.24, 2.45) is 0 Å². The molecule has 1 saturated heterocycles. The molecule has 2 aromatic heterocycles. The summed E-state index contributed by atoms with van der Waals surface area (Å²) in [5.74, 6) is 0.217. The van der Waals surface area contributed by atoms with Crippen molar-refractivity contribution >= 4 is 48.7 Å². The highest BCUT2D eigenvalue weighted by atomic mass is 32.2. The number of morpholine rings is 1. The van der Waals surface area contributed by atoms with Crippen LogP contribution in [-0.4, -0.2) is 49.9 Å². The maximum Gasteiger partial charge on any atom is 0.250 e. The van der Waals surface area contributed by atoms with Gasteiger partial charge in [0.15, 0.2) is 5.13 Å². The molecule has 1 fully saturated rings. The minimum Gasteiger partial charge on any atom is -0.465 e. The number of carbonyl (C=O) groups excluding carboxylic acids is 1. The normalized spacial score (nSPS) is 16.0. The molecule has 10 heteroatoms. The number of nitrogens with zero attached hydrogens (tertiary/aromatic N) is 2. The first-order chi connectivity index (χ1) is 13.5. The van der Waals surface area contributed by atoms with E-state index in [0.29, 0.717) is 47.4 Å². The number of fused-ring (bicyclic) bond motifs is 1. The van der Waals surface area contributed by atoms with Crippen LogP contribution in [-0.2, 0) is 19.6 Å². The Morgan fingerprint density at radius 3 is 2.82 bits per heavy atom. The summed E-state index contributed by atoms with van der Waals surface area (Å²) in [6.45, 7) is 1.46. The van der Waals surface area contributed by atoms with E-state index in [1.165, 1.54) is 34.0 Å². The number of thiazole rings is 1. The van der Waals surface area contributed by atoms with Gasteiger partial charge < -0.3 is 9.15 Å². The Morgan fingerprint density at radius 2 is 2.07 bits per heavy atom. The number of aromatic nitrogens is 1. The molecule has 3 heterocycles. The van der Waals surface area contributed by atoms with Crippen molar-refractivity contribution in [1.29, 1.82) is 0 Å². The molecule has 0 saturated carbocycles. The van der Waals surface area contributed by atoms with Crippen molar-refractivity contribution in [2.75, 3.05) is 31.6 Å². The van der Waals surface area contributed by atoms with Crippen LogP contribution >= 0.6 is 11.3 Å². The maximum absolute atomic E-state index is 12.8. The zero-order valence-corrected chi connectivity index (χ0v) is 16.3. The minimum absolute atomic E-state index is 0.209. The molecule has 4 rings (SSSR count). The van der Waals surface area contributed by atoms with Gasteiger partial charge in [0.2, 0.25) is 15.9 Å². The van der Waals surface area contributed by atoms with E-state index < -0.39 is 10.0 Å². The van der Waals surface area contributed by atoms with Crippen LogP contribution < -0.4 is 5.32 Å². The first-order valence-electron chi connectivity index (χ1n) is 8.53. The Morgan fingerprint density at radius 1 is 1.25 bits per heavy atom. The third-order valence-electron chi connectivity index (χ3n) is 4.14. The standard InChI is InChI=1S/C18H17N3O5S2/c22-17(6-3-13-2-1-9-26-13)20-18-19-15-5-4-14(12-16(15)27-18)28(23,24)21-7-10-25-11-8-21/h1-6,9,12H,7-8,10-11H2,(H,19,20,22)/b6-3+. The lowest BCUT2D eigenvalue weighted by atomic mass is 10.3. The zero-order valence-electron chi connectivity index (χ0n) is 14.7. The summed E-state index contributed by atoms with van der Waals surface area (Å²) >= 11 is 1.22. The summed E-state index contributed by atoms with van der Waals surface area (Å²) in [5, 5.41) is 3.07. The van der Waals surface area contributed by atoms with Crippen molar-refractivity contribution in [3.8, 4) is 0 Å². The predicted octanol–water partition coefficient (Wildman–Crippen LogP) is 2.56. The molecule has 0 aliphatic carbocycles. The Balaban J connectivity index is 1.52. The number of benzene rings is 1. The Bertz CT molecular complexity index is 1110. The lowest BCUT2D eigenvalue weighted by Crippen LogP contribution is -2.40. The van der Waals surface area contributed by atoms with Gasteiger partial charge in [0.1, 0.15) is 5.76 Å². The Kier molecular flexibility index (Phi) is 5.27. The van der Waals surface area contributed by atoms with Crippen LogP contribution in [0.15, 0.2) is 52.0 Å². The van der Waals surface area contributed by atoms with Gasteiger partial charge in [-0.1, -0.05) is 11.3 Å². The molecule has 0 spiro atoms. The van der Waals surface area contributed by atoms with Crippen molar-refractivity contribution in [3.63, 3.8) is 0 Å². The smallest absolute Gasteiger partial charge is 0.250 e. The van der Waals surface area contributed by atoms with E-state index in [4.69, 9.17) is 9.15 Å². The summed E-state index contributed by atoms with van der Waals surface area (Å²) < 4.78 is 38.0. The summed E-state index contributed by atoms with van der Waals surface area (Å²) in [6, 6.07) is 8.24. The lowest BCUT2D eigenvalue weighted by molar-refractivity contribution is -0.111. The van der Waals surface area contributed by atoms with Crippen molar-refractivity contribution < 1.29 is 22.4 Å². The number of hydrogen-bond acceptors (Lipinski definition) is 7. The van der Waals surface area contributed by atoms with Crippen LogP contribution in [0, 0.1) is 0 Å². The van der Waals surface area contributed by atoms with Crippen LogP contribution in [0.2, 0.25) is 0 Å². The molecular weight excluding hydrogens is 402 g/mol. The monoisotopic (exact) mass is 419 g/mol. The summed E-state index contributed by atoms with van der Waals surface area (Å²) in [4.78, 5) is 16.6. The molecule has 1 amide bonds. The van der Waals surface area contributed by atoms with E-state index in [-0.39, 0.29) is 10.8 Å². The highest BCUT2D eigenvalue weighted by Crippen LogP contribution is 2.29. The number of carbonyl (C=O) groups is 1. The third kappa shape index (κ3) is 3.99. The Hall–Kier alpha value is -2.53. The van der Waals surface area contributed by atoms with E-state index in [1.54, 1.807) is 30.3 Å². The van der Waals surface area contributed by atoms with Gasteiger partial charge in [-0.25, -0.2) is 13.4 Å². The molecular formula is C18H17N3O5S2. The van der Waals surface area contributed by atoms with Crippen molar-refractivity contribution in [3.05, 3.63) is 48.4 Å². The molecule has 3 aromatic rings. The first-order valence-corrected chi connectivity index (χ1v) is 10.8. The minimum atomic E-state index is -3.58. The van der Waals surface area contributed by atoms with Gasteiger partial charge in [0.25, 0.3) is 0 Å². The maximum atomic E-state index is 12.8. The van der Waals surface area contributed by atoms with Gasteiger partial charge in [-0.05, 0) is 36.4 Å². The second-order valence-corrected chi connectivity index (χ2v) is 8.97. The van der Waals surface area contributed by atoms with Crippen LogP contribution in [0.4, 0.5) is 5.13 Å². The molecule has 146 valence electrons. The molecule has 8 nitrogen and oxygen atoms in total. The van der Waals surface area contributed by atoms with Gasteiger partial charge in [-0.3, -0.25) is 10.1 Å². The Labute approximate surface area is 165 Å². The first kappa shape index (κ1) is 18.8. The predicted molar refractivity (Wildman–Crippen MR) is 106 cm³/mol. The number of rotatable bonds is 5. The topological polar surface area (TPSA) is 102 Å². The van der Waals surface area contributed by atoms with Crippen LogP contribution in [0.3, 0.4) is 0 Å². The van der Waals surface area contributed by atoms with Gasteiger partial charge in [0, 0.05) is 19.2 Å². The molecule has 0 bridgehead atoms. The molecule has 0 radical (unpaired) electrons.